The summed E-state index contributed by atoms with van der Waals surface area (Å²) in [5.74, 6) is -0.279. The van der Waals surface area contributed by atoms with Gasteiger partial charge in [0.15, 0.2) is 0 Å². The van der Waals surface area contributed by atoms with Gasteiger partial charge in [-0.25, -0.2) is 0 Å². The molecule has 1 atom stereocenters. The van der Waals surface area contributed by atoms with Crippen molar-refractivity contribution in [3.63, 3.8) is 0 Å². The van der Waals surface area contributed by atoms with Crippen molar-refractivity contribution in [2.45, 2.75) is 116 Å². The third kappa shape index (κ3) is 15.2. The molecule has 1 rings (SSSR count). The molecule has 166 valence electrons. The van der Waals surface area contributed by atoms with E-state index >= 15 is 0 Å². The van der Waals surface area contributed by atoms with Crippen LogP contribution in [0.3, 0.4) is 0 Å². The molecule has 0 aliphatic carbocycles. The van der Waals surface area contributed by atoms with E-state index in [2.05, 4.69) is 6.92 Å². The lowest BCUT2D eigenvalue weighted by molar-refractivity contribution is -0.145. The molecule has 0 fully saturated rings. The van der Waals surface area contributed by atoms with Crippen LogP contribution in [0.2, 0.25) is 0 Å². The van der Waals surface area contributed by atoms with Gasteiger partial charge in [0.05, 0.1) is 6.61 Å². The Morgan fingerprint density at radius 1 is 0.759 bits per heavy atom. The predicted molar refractivity (Wildman–Crippen MR) is 124 cm³/mol. The van der Waals surface area contributed by atoms with Crippen LogP contribution in [0.4, 0.5) is 0 Å². The van der Waals surface area contributed by atoms with E-state index in [0.717, 1.165) is 18.4 Å². The average Bonchev–Trinajstić information content (AvgIpc) is 2.74. The maximum atomic E-state index is 11.9. The fraction of sp³-hybridized carbons (Fsp3) is 0.731. The average molecular weight is 404 g/mol. The summed E-state index contributed by atoms with van der Waals surface area (Å²) in [4.78, 5) is 11.9. The summed E-state index contributed by atoms with van der Waals surface area (Å²) in [6.45, 7) is 2.78. The van der Waals surface area contributed by atoms with Gasteiger partial charge in [0, 0.05) is 0 Å². The van der Waals surface area contributed by atoms with Crippen molar-refractivity contribution in [3.8, 4) is 0 Å². The molecular formula is C26H45NO2. The Morgan fingerprint density at radius 2 is 1.21 bits per heavy atom. The molecule has 0 saturated carbocycles. The highest BCUT2D eigenvalue weighted by atomic mass is 16.5. The molecule has 0 aliphatic rings. The minimum Gasteiger partial charge on any atom is -0.465 e. The Hall–Kier alpha value is -1.35. The smallest absolute Gasteiger partial charge is 0.323 e. The first-order valence-electron chi connectivity index (χ1n) is 12.2. The minimum atomic E-state index is -0.561. The highest BCUT2D eigenvalue weighted by Gasteiger charge is 2.15. The van der Waals surface area contributed by atoms with Gasteiger partial charge in [-0.3, -0.25) is 4.79 Å². The number of hydrogen-bond acceptors (Lipinski definition) is 3. The third-order valence-electron chi connectivity index (χ3n) is 5.59. The Labute approximate surface area is 179 Å². The summed E-state index contributed by atoms with van der Waals surface area (Å²) in [6.07, 6.45) is 20.6. The normalized spacial score (nSPS) is 12.1. The zero-order valence-electron chi connectivity index (χ0n) is 18.9. The highest BCUT2D eigenvalue weighted by Crippen LogP contribution is 2.13. The van der Waals surface area contributed by atoms with Gasteiger partial charge in [0.1, 0.15) is 6.04 Å². The number of esters is 1. The summed E-state index contributed by atoms with van der Waals surface area (Å²) in [5, 5.41) is 0. The van der Waals surface area contributed by atoms with Gasteiger partial charge in [-0.2, -0.15) is 0 Å². The molecule has 0 saturated heterocycles. The number of unbranched alkanes of at least 4 members (excludes halogenated alkanes) is 14. The monoisotopic (exact) mass is 403 g/mol. The number of carbonyl (C=O) groups excluding carboxylic acids is 1. The molecule has 0 unspecified atom stereocenters. The van der Waals surface area contributed by atoms with Crippen LogP contribution in [0.1, 0.15) is 109 Å². The summed E-state index contributed by atoms with van der Waals surface area (Å²) < 4.78 is 5.33. The van der Waals surface area contributed by atoms with E-state index in [-0.39, 0.29) is 5.97 Å². The molecule has 0 spiro atoms. The van der Waals surface area contributed by atoms with Crippen LogP contribution in [0.5, 0.6) is 0 Å². The molecule has 3 heteroatoms. The molecule has 0 radical (unpaired) electrons. The third-order valence-corrected chi connectivity index (χ3v) is 5.59. The first kappa shape index (κ1) is 25.7. The SMILES string of the molecule is CCCCCCCCCCCCCCCCCOC(=O)[C@@H](N)Cc1ccccc1. The van der Waals surface area contributed by atoms with Crippen LogP contribution in [-0.2, 0) is 16.0 Å². The van der Waals surface area contributed by atoms with Gasteiger partial charge in [-0.1, -0.05) is 127 Å². The van der Waals surface area contributed by atoms with Gasteiger partial charge >= 0.3 is 5.97 Å². The van der Waals surface area contributed by atoms with Gasteiger partial charge in [-0.05, 0) is 18.4 Å². The lowest BCUT2D eigenvalue weighted by Crippen LogP contribution is -2.34. The maximum Gasteiger partial charge on any atom is 0.323 e. The standard InChI is InChI=1S/C26H45NO2/c1-2-3-4-5-6-7-8-9-10-11-12-13-14-15-19-22-29-26(28)25(27)23-24-20-17-16-18-21-24/h16-18,20-21,25H,2-15,19,22-23,27H2,1H3/t25-/m0/s1. The van der Waals surface area contributed by atoms with Crippen molar-refractivity contribution >= 4 is 5.97 Å². The second-order valence-electron chi connectivity index (χ2n) is 8.41. The molecule has 0 bridgehead atoms. The van der Waals surface area contributed by atoms with Crippen molar-refractivity contribution in [2.75, 3.05) is 6.61 Å². The van der Waals surface area contributed by atoms with Crippen molar-refractivity contribution < 1.29 is 9.53 Å². The van der Waals surface area contributed by atoms with E-state index in [1.165, 1.54) is 83.5 Å². The molecule has 29 heavy (non-hydrogen) atoms. The number of nitrogens with two attached hydrogens (primary N) is 1. The first-order chi connectivity index (χ1) is 14.2. The topological polar surface area (TPSA) is 52.3 Å². The number of hydrogen-bond donors (Lipinski definition) is 1. The fourth-order valence-electron chi connectivity index (χ4n) is 3.70. The molecular weight excluding hydrogens is 358 g/mol. The lowest BCUT2D eigenvalue weighted by Gasteiger charge is -2.11. The highest BCUT2D eigenvalue weighted by molar-refractivity contribution is 5.75. The second-order valence-corrected chi connectivity index (χ2v) is 8.41. The molecule has 0 aliphatic heterocycles. The summed E-state index contributed by atoms with van der Waals surface area (Å²) in [7, 11) is 0. The largest absolute Gasteiger partial charge is 0.465 e. The zero-order chi connectivity index (χ0) is 21.0. The van der Waals surface area contributed by atoms with Crippen molar-refractivity contribution in [1.29, 1.82) is 0 Å². The van der Waals surface area contributed by atoms with Gasteiger partial charge in [0.25, 0.3) is 0 Å². The summed E-state index contributed by atoms with van der Waals surface area (Å²) >= 11 is 0. The number of carbonyl (C=O) groups is 1. The molecule has 0 aromatic heterocycles. The molecule has 0 amide bonds. The van der Waals surface area contributed by atoms with Gasteiger partial charge in [0.2, 0.25) is 0 Å². The van der Waals surface area contributed by atoms with Crippen LogP contribution in [-0.4, -0.2) is 18.6 Å². The van der Waals surface area contributed by atoms with Gasteiger partial charge in [-0.15, -0.1) is 0 Å². The number of ether oxygens (including phenoxy) is 1. The summed E-state index contributed by atoms with van der Waals surface area (Å²) in [5.41, 5.74) is 7.01. The van der Waals surface area contributed by atoms with E-state index in [1.54, 1.807) is 0 Å². The fourth-order valence-corrected chi connectivity index (χ4v) is 3.70. The van der Waals surface area contributed by atoms with E-state index in [1.807, 2.05) is 30.3 Å². The maximum absolute atomic E-state index is 11.9. The van der Waals surface area contributed by atoms with Crippen LogP contribution in [0, 0.1) is 0 Å². The quantitative estimate of drug-likeness (QED) is 0.200. The Morgan fingerprint density at radius 3 is 1.69 bits per heavy atom. The van der Waals surface area contributed by atoms with Crippen LogP contribution in [0.25, 0.3) is 0 Å². The Bertz CT molecular complexity index is 489. The van der Waals surface area contributed by atoms with Crippen LogP contribution >= 0.6 is 0 Å². The number of benzene rings is 1. The molecule has 3 nitrogen and oxygen atoms in total. The van der Waals surface area contributed by atoms with E-state index in [9.17, 15) is 4.79 Å². The first-order valence-corrected chi connectivity index (χ1v) is 12.2. The zero-order valence-corrected chi connectivity index (χ0v) is 18.9. The molecule has 1 aromatic carbocycles. The van der Waals surface area contributed by atoms with Crippen molar-refractivity contribution in [1.82, 2.24) is 0 Å². The van der Waals surface area contributed by atoms with Crippen LogP contribution < -0.4 is 5.73 Å². The van der Waals surface area contributed by atoms with Crippen molar-refractivity contribution in [3.05, 3.63) is 35.9 Å². The van der Waals surface area contributed by atoms with E-state index in [0.29, 0.717) is 13.0 Å². The number of rotatable bonds is 19. The second kappa shape index (κ2) is 18.7. The molecule has 1 aromatic rings. The lowest BCUT2D eigenvalue weighted by atomic mass is 10.0. The Kier molecular flexibility index (Phi) is 16.5. The molecule has 2 N–H and O–H groups in total. The Balaban J connectivity index is 1.82. The van der Waals surface area contributed by atoms with Crippen molar-refractivity contribution in [2.24, 2.45) is 5.73 Å². The van der Waals surface area contributed by atoms with Crippen LogP contribution in [0.15, 0.2) is 30.3 Å². The predicted octanol–water partition coefficient (Wildman–Crippen LogP) is 6.97. The summed E-state index contributed by atoms with van der Waals surface area (Å²) in [6, 6.07) is 9.30. The molecule has 0 heterocycles. The van der Waals surface area contributed by atoms with E-state index in [4.69, 9.17) is 10.5 Å². The van der Waals surface area contributed by atoms with E-state index < -0.39 is 6.04 Å². The minimum absolute atomic E-state index is 0.279. The van der Waals surface area contributed by atoms with Gasteiger partial charge < -0.3 is 10.5 Å².